The Morgan fingerprint density at radius 2 is 1.62 bits per heavy atom. The summed E-state index contributed by atoms with van der Waals surface area (Å²) in [7, 11) is 0. The monoisotopic (exact) mass is 455 g/mol. The minimum Gasteiger partial charge on any atom is -0.231 e. The molecule has 29 heavy (non-hydrogen) atoms. The third-order valence-electron chi connectivity index (χ3n) is 4.80. The van der Waals surface area contributed by atoms with Crippen molar-refractivity contribution in [2.45, 2.75) is 12.5 Å². The quantitative estimate of drug-likeness (QED) is 0.317. The zero-order valence-electron chi connectivity index (χ0n) is 15.1. The molecule has 0 radical (unpaired) electrons. The number of hydrogen-bond acceptors (Lipinski definition) is 5. The van der Waals surface area contributed by atoms with Gasteiger partial charge in [-0.2, -0.15) is 5.10 Å². The molecule has 0 saturated heterocycles. The lowest BCUT2D eigenvalue weighted by Gasteiger charge is -2.21. The van der Waals surface area contributed by atoms with Gasteiger partial charge in [-0.1, -0.05) is 53.5 Å². The summed E-state index contributed by atoms with van der Waals surface area (Å²) < 4.78 is 0. The van der Waals surface area contributed by atoms with Gasteiger partial charge in [-0.25, -0.2) is 9.99 Å². The van der Waals surface area contributed by atoms with Crippen LogP contribution < -0.4 is 5.01 Å². The topological polar surface area (TPSA) is 28.5 Å². The van der Waals surface area contributed by atoms with Gasteiger partial charge in [-0.3, -0.25) is 0 Å². The second-order valence-electron chi connectivity index (χ2n) is 6.66. The van der Waals surface area contributed by atoms with Gasteiger partial charge in [0, 0.05) is 27.4 Å². The number of thiazole rings is 1. The summed E-state index contributed by atoms with van der Waals surface area (Å²) in [5, 5.41) is 13.5. The van der Waals surface area contributed by atoms with E-state index in [-0.39, 0.29) is 6.04 Å². The number of aromatic nitrogens is 1. The van der Waals surface area contributed by atoms with Crippen molar-refractivity contribution < 1.29 is 0 Å². The Labute approximate surface area is 186 Å². The van der Waals surface area contributed by atoms with Crippen LogP contribution in [0, 0.1) is 0 Å². The van der Waals surface area contributed by atoms with Crippen LogP contribution in [0.2, 0.25) is 10.0 Å². The Morgan fingerprint density at radius 1 is 0.897 bits per heavy atom. The fourth-order valence-electron chi connectivity index (χ4n) is 3.35. The van der Waals surface area contributed by atoms with E-state index in [0.717, 1.165) is 38.6 Å². The number of nitrogens with zero attached hydrogens (tertiary/aromatic N) is 3. The number of benzene rings is 2. The molecule has 1 atom stereocenters. The molecule has 7 heteroatoms. The molecule has 4 aromatic rings. The predicted octanol–water partition coefficient (Wildman–Crippen LogP) is 7.53. The second kappa shape index (κ2) is 7.92. The molecule has 3 heterocycles. The van der Waals surface area contributed by atoms with Crippen LogP contribution in [0.5, 0.6) is 0 Å². The van der Waals surface area contributed by atoms with Gasteiger partial charge in [0.2, 0.25) is 5.13 Å². The van der Waals surface area contributed by atoms with E-state index in [9.17, 15) is 0 Å². The Bertz CT molecular complexity index is 1150. The van der Waals surface area contributed by atoms with E-state index in [4.69, 9.17) is 33.3 Å². The molecule has 0 fully saturated rings. The smallest absolute Gasteiger partial charge is 0.207 e. The van der Waals surface area contributed by atoms with E-state index in [2.05, 4.69) is 35.0 Å². The second-order valence-corrected chi connectivity index (χ2v) is 9.32. The van der Waals surface area contributed by atoms with E-state index in [0.29, 0.717) is 0 Å². The summed E-state index contributed by atoms with van der Waals surface area (Å²) in [6, 6.07) is 20.0. The number of rotatable bonds is 4. The summed E-state index contributed by atoms with van der Waals surface area (Å²) >= 11 is 15.4. The van der Waals surface area contributed by atoms with Gasteiger partial charge in [0.25, 0.3) is 0 Å². The Balaban J connectivity index is 1.52. The third kappa shape index (κ3) is 3.83. The lowest BCUT2D eigenvalue weighted by molar-refractivity contribution is 0.706. The average Bonchev–Trinajstić information content (AvgIpc) is 3.48. The summed E-state index contributed by atoms with van der Waals surface area (Å²) in [5.41, 5.74) is 4.23. The lowest BCUT2D eigenvalue weighted by atomic mass is 10.0. The standard InChI is InChI=1S/C22H15Cl2N3S2/c23-16-7-3-14(4-8-16)19-13-29-22(25-19)27-20(15-5-9-17(24)10-6-15)12-18(26-27)21-2-1-11-28-21/h1-11,13,20H,12H2/t20-/m0/s1. The first-order chi connectivity index (χ1) is 14.2. The van der Waals surface area contributed by atoms with E-state index >= 15 is 0 Å². The highest BCUT2D eigenvalue weighted by molar-refractivity contribution is 7.14. The molecule has 0 N–H and O–H groups in total. The van der Waals surface area contributed by atoms with E-state index < -0.39 is 0 Å². The first kappa shape index (κ1) is 18.8. The average molecular weight is 456 g/mol. The maximum atomic E-state index is 6.10. The molecule has 0 bridgehead atoms. The van der Waals surface area contributed by atoms with Gasteiger partial charge in [0.15, 0.2) is 0 Å². The van der Waals surface area contributed by atoms with Crippen LogP contribution in [0.1, 0.15) is 22.9 Å². The predicted molar refractivity (Wildman–Crippen MR) is 125 cm³/mol. The number of thiophene rings is 1. The van der Waals surface area contributed by atoms with E-state index in [1.54, 1.807) is 22.7 Å². The largest absolute Gasteiger partial charge is 0.231 e. The third-order valence-corrected chi connectivity index (χ3v) is 7.05. The Kier molecular flexibility index (Phi) is 5.14. The summed E-state index contributed by atoms with van der Waals surface area (Å²) in [4.78, 5) is 6.07. The minimum atomic E-state index is 0.0913. The molecule has 5 rings (SSSR count). The normalized spacial score (nSPS) is 16.3. The SMILES string of the molecule is Clc1ccc(-c2csc(N3N=C(c4cccs4)C[C@H]3c3ccc(Cl)cc3)n2)cc1. The molecular weight excluding hydrogens is 441 g/mol. The van der Waals surface area contributed by atoms with Crippen molar-refractivity contribution in [2.75, 3.05) is 5.01 Å². The highest BCUT2D eigenvalue weighted by Gasteiger charge is 2.32. The van der Waals surface area contributed by atoms with Crippen molar-refractivity contribution in [2.24, 2.45) is 5.10 Å². The molecule has 0 aliphatic carbocycles. The van der Waals surface area contributed by atoms with Crippen molar-refractivity contribution in [1.29, 1.82) is 0 Å². The van der Waals surface area contributed by atoms with Gasteiger partial charge < -0.3 is 0 Å². The molecule has 2 aromatic heterocycles. The van der Waals surface area contributed by atoms with Gasteiger partial charge in [-0.15, -0.1) is 22.7 Å². The fraction of sp³-hybridized carbons (Fsp3) is 0.0909. The first-order valence-electron chi connectivity index (χ1n) is 9.05. The molecule has 0 unspecified atom stereocenters. The highest BCUT2D eigenvalue weighted by atomic mass is 35.5. The van der Waals surface area contributed by atoms with Crippen LogP contribution in [0.4, 0.5) is 5.13 Å². The van der Waals surface area contributed by atoms with Crippen molar-refractivity contribution >= 4 is 56.7 Å². The molecule has 1 aliphatic heterocycles. The van der Waals surface area contributed by atoms with Crippen LogP contribution in [0.25, 0.3) is 11.3 Å². The van der Waals surface area contributed by atoms with Crippen molar-refractivity contribution in [3.63, 3.8) is 0 Å². The molecule has 0 spiro atoms. The van der Waals surface area contributed by atoms with Gasteiger partial charge in [-0.05, 0) is 41.3 Å². The van der Waals surface area contributed by atoms with Gasteiger partial charge in [0.05, 0.1) is 22.3 Å². The fourth-order valence-corrected chi connectivity index (χ4v) is 5.15. The number of hydrogen-bond donors (Lipinski definition) is 0. The molecule has 2 aromatic carbocycles. The van der Waals surface area contributed by atoms with Crippen LogP contribution in [0.3, 0.4) is 0 Å². The summed E-state index contributed by atoms with van der Waals surface area (Å²) in [6.07, 6.45) is 0.831. The summed E-state index contributed by atoms with van der Waals surface area (Å²) in [5.74, 6) is 0. The van der Waals surface area contributed by atoms with Crippen LogP contribution in [-0.2, 0) is 0 Å². The Morgan fingerprint density at radius 3 is 2.31 bits per heavy atom. The van der Waals surface area contributed by atoms with Gasteiger partial charge in [0.1, 0.15) is 0 Å². The summed E-state index contributed by atoms with van der Waals surface area (Å²) in [6.45, 7) is 0. The van der Waals surface area contributed by atoms with Crippen LogP contribution >= 0.6 is 45.9 Å². The molecular formula is C22H15Cl2N3S2. The van der Waals surface area contributed by atoms with Crippen molar-refractivity contribution in [3.8, 4) is 11.3 Å². The van der Waals surface area contributed by atoms with Crippen LogP contribution in [-0.4, -0.2) is 10.7 Å². The van der Waals surface area contributed by atoms with Gasteiger partial charge >= 0.3 is 0 Å². The number of anilines is 1. The lowest BCUT2D eigenvalue weighted by Crippen LogP contribution is -2.18. The molecule has 0 saturated carbocycles. The maximum Gasteiger partial charge on any atom is 0.207 e. The molecule has 0 amide bonds. The van der Waals surface area contributed by atoms with Crippen molar-refractivity contribution in [1.82, 2.24) is 4.98 Å². The van der Waals surface area contributed by atoms with E-state index in [1.165, 1.54) is 10.4 Å². The zero-order chi connectivity index (χ0) is 19.8. The zero-order valence-corrected chi connectivity index (χ0v) is 18.3. The van der Waals surface area contributed by atoms with E-state index in [1.807, 2.05) is 41.4 Å². The molecule has 144 valence electrons. The highest BCUT2D eigenvalue weighted by Crippen LogP contribution is 2.40. The minimum absolute atomic E-state index is 0.0913. The van der Waals surface area contributed by atoms with Crippen molar-refractivity contribution in [3.05, 3.63) is 91.9 Å². The number of hydrazone groups is 1. The maximum absolute atomic E-state index is 6.10. The molecule has 3 nitrogen and oxygen atoms in total. The first-order valence-corrected chi connectivity index (χ1v) is 11.6. The Hall–Kier alpha value is -2.18. The molecule has 1 aliphatic rings. The van der Waals surface area contributed by atoms with Crippen LogP contribution in [0.15, 0.2) is 76.5 Å². The number of halogens is 2.